The van der Waals surface area contributed by atoms with Crippen molar-refractivity contribution in [1.29, 1.82) is 0 Å². The Bertz CT molecular complexity index is 534. The molecule has 0 heterocycles. The van der Waals surface area contributed by atoms with Gasteiger partial charge in [0.05, 0.1) is 23.7 Å². The molecule has 0 saturated heterocycles. The van der Waals surface area contributed by atoms with Gasteiger partial charge in [-0.2, -0.15) is 0 Å². The van der Waals surface area contributed by atoms with E-state index in [0.717, 1.165) is 24.3 Å². The minimum absolute atomic E-state index is 0.614. The van der Waals surface area contributed by atoms with Crippen molar-refractivity contribution in [2.45, 2.75) is 0 Å². The molecule has 20 heavy (non-hydrogen) atoms. The fraction of sp³-hybridized carbons (Fsp3) is 0.286. The summed E-state index contributed by atoms with van der Waals surface area (Å²) >= 11 is 0. The van der Waals surface area contributed by atoms with Crippen molar-refractivity contribution in [3.8, 4) is 0 Å². The Kier molecular flexibility index (Phi) is 2.77. The van der Waals surface area contributed by atoms with Crippen LogP contribution < -0.4 is 0 Å². The first-order valence-electron chi connectivity index (χ1n) is 5.97. The monoisotopic (exact) mass is 284 g/mol. The smallest absolute Gasteiger partial charge is 0.155 e. The van der Waals surface area contributed by atoms with Crippen LogP contribution in [0.15, 0.2) is 47.6 Å². The first-order chi connectivity index (χ1) is 9.40. The number of halogens is 4. The van der Waals surface area contributed by atoms with E-state index in [1.165, 1.54) is 0 Å². The fourth-order valence-corrected chi connectivity index (χ4v) is 2.84. The lowest BCUT2D eigenvalue weighted by Gasteiger charge is -2.36. The second-order valence-corrected chi connectivity index (χ2v) is 4.97. The highest BCUT2D eigenvalue weighted by Crippen LogP contribution is 2.43. The highest BCUT2D eigenvalue weighted by molar-refractivity contribution is 6.04. The molecule has 1 fully saturated rings. The van der Waals surface area contributed by atoms with E-state index in [4.69, 9.17) is 0 Å². The lowest BCUT2D eigenvalue weighted by atomic mass is 9.64. The van der Waals surface area contributed by atoms with Crippen molar-refractivity contribution >= 4 is 11.6 Å². The lowest BCUT2D eigenvalue weighted by molar-refractivity contribution is -0.140. The molecule has 0 radical (unpaired) electrons. The molecule has 3 aliphatic rings. The topological polar surface area (TPSA) is 34.1 Å². The van der Waals surface area contributed by atoms with E-state index in [9.17, 15) is 27.2 Å². The number of hydrogen-bond donors (Lipinski definition) is 0. The number of carbonyl (C=O) groups is 2. The second-order valence-electron chi connectivity index (χ2n) is 4.97. The second kappa shape index (κ2) is 4.26. The minimum atomic E-state index is -1.21. The van der Waals surface area contributed by atoms with Gasteiger partial charge in [-0.3, -0.25) is 9.59 Å². The fourth-order valence-electron chi connectivity index (χ4n) is 2.84. The standard InChI is InChI=1S/C14H8F4O2/c15-9-1-5-6(2-10(9)16)14(20)8-4-12(18)11(17)3-7(8)13(5)19/h1-8H. The molecular formula is C14H8F4O2. The summed E-state index contributed by atoms with van der Waals surface area (Å²) in [6.07, 6.45) is 2.93. The van der Waals surface area contributed by atoms with Crippen molar-refractivity contribution in [1.82, 2.24) is 0 Å². The van der Waals surface area contributed by atoms with E-state index < -0.39 is 58.5 Å². The molecule has 0 aromatic rings. The van der Waals surface area contributed by atoms with Crippen LogP contribution in [-0.4, -0.2) is 11.6 Å². The highest BCUT2D eigenvalue weighted by atomic mass is 19.2. The average molecular weight is 284 g/mol. The van der Waals surface area contributed by atoms with Gasteiger partial charge >= 0.3 is 0 Å². The Hall–Kier alpha value is -1.98. The van der Waals surface area contributed by atoms with Crippen molar-refractivity contribution in [2.75, 3.05) is 0 Å². The quantitative estimate of drug-likeness (QED) is 0.641. The van der Waals surface area contributed by atoms with Crippen LogP contribution in [0.3, 0.4) is 0 Å². The third-order valence-corrected chi connectivity index (χ3v) is 3.85. The first-order valence-corrected chi connectivity index (χ1v) is 5.97. The van der Waals surface area contributed by atoms with Crippen molar-refractivity contribution in [2.24, 2.45) is 23.7 Å². The first kappa shape index (κ1) is 13.0. The number of hydrogen-bond acceptors (Lipinski definition) is 2. The maximum atomic E-state index is 13.2. The number of carbonyl (C=O) groups excluding carboxylic acids is 2. The molecule has 1 saturated carbocycles. The Morgan fingerprint density at radius 3 is 0.950 bits per heavy atom. The van der Waals surface area contributed by atoms with Crippen LogP contribution >= 0.6 is 0 Å². The predicted molar refractivity (Wildman–Crippen MR) is 60.7 cm³/mol. The Balaban J connectivity index is 2.06. The van der Waals surface area contributed by atoms with E-state index in [-0.39, 0.29) is 0 Å². The lowest BCUT2D eigenvalue weighted by Crippen LogP contribution is -2.46. The van der Waals surface area contributed by atoms with Gasteiger partial charge in [0.15, 0.2) is 23.3 Å². The van der Waals surface area contributed by atoms with Gasteiger partial charge in [-0.25, -0.2) is 17.6 Å². The minimum Gasteiger partial charge on any atom is -0.298 e. The van der Waals surface area contributed by atoms with Gasteiger partial charge in [0.2, 0.25) is 0 Å². The number of Topliss-reactive ketones (excluding diaryl/α,β-unsaturated/α-hetero) is 2. The van der Waals surface area contributed by atoms with Gasteiger partial charge in [0.25, 0.3) is 0 Å². The van der Waals surface area contributed by atoms with Gasteiger partial charge in [-0.15, -0.1) is 0 Å². The summed E-state index contributed by atoms with van der Waals surface area (Å²) in [6, 6.07) is 0. The van der Waals surface area contributed by atoms with Crippen molar-refractivity contribution in [3.05, 3.63) is 47.6 Å². The number of fused-ring (bicyclic) bond motifs is 2. The summed E-state index contributed by atoms with van der Waals surface area (Å²) in [5, 5.41) is 0. The average Bonchev–Trinajstić information content (AvgIpc) is 2.41. The van der Waals surface area contributed by atoms with Gasteiger partial charge in [0.1, 0.15) is 11.6 Å². The SMILES string of the molecule is O=C1C2C=C(F)C(F)=CC2C(=O)C2C=C(F)C(F)=CC12. The third kappa shape index (κ3) is 1.71. The molecule has 4 unspecified atom stereocenters. The molecule has 0 spiro atoms. The van der Waals surface area contributed by atoms with Gasteiger partial charge in [-0.1, -0.05) is 0 Å². The molecule has 2 nitrogen and oxygen atoms in total. The molecule has 3 rings (SSSR count). The number of rotatable bonds is 0. The maximum absolute atomic E-state index is 13.2. The van der Waals surface area contributed by atoms with E-state index in [1.807, 2.05) is 0 Å². The summed E-state index contributed by atoms with van der Waals surface area (Å²) < 4.78 is 52.8. The molecular weight excluding hydrogens is 276 g/mol. The van der Waals surface area contributed by atoms with Crippen LogP contribution in [0.1, 0.15) is 0 Å². The molecule has 0 N–H and O–H groups in total. The maximum Gasteiger partial charge on any atom is 0.155 e. The molecule has 3 aliphatic carbocycles. The van der Waals surface area contributed by atoms with Crippen LogP contribution in [0.5, 0.6) is 0 Å². The van der Waals surface area contributed by atoms with Gasteiger partial charge in [-0.05, 0) is 24.3 Å². The van der Waals surface area contributed by atoms with E-state index in [0.29, 0.717) is 0 Å². The van der Waals surface area contributed by atoms with Crippen molar-refractivity contribution in [3.63, 3.8) is 0 Å². The van der Waals surface area contributed by atoms with Crippen LogP contribution in [0.2, 0.25) is 0 Å². The summed E-state index contributed by atoms with van der Waals surface area (Å²) in [6.45, 7) is 0. The molecule has 0 aromatic heterocycles. The zero-order chi connectivity index (χ0) is 14.6. The van der Waals surface area contributed by atoms with Gasteiger partial charge in [0, 0.05) is 0 Å². The molecule has 6 heteroatoms. The zero-order valence-electron chi connectivity index (χ0n) is 9.95. The third-order valence-electron chi connectivity index (χ3n) is 3.85. The zero-order valence-corrected chi connectivity index (χ0v) is 9.95. The van der Waals surface area contributed by atoms with E-state index in [2.05, 4.69) is 0 Å². The largest absolute Gasteiger partial charge is 0.298 e. The summed E-state index contributed by atoms with van der Waals surface area (Å²) in [5.41, 5.74) is 0. The van der Waals surface area contributed by atoms with E-state index in [1.54, 1.807) is 0 Å². The summed E-state index contributed by atoms with van der Waals surface area (Å²) in [5.74, 6) is -10.7. The van der Waals surface area contributed by atoms with Crippen molar-refractivity contribution < 1.29 is 27.2 Å². The molecule has 0 aliphatic heterocycles. The van der Waals surface area contributed by atoms with Crippen LogP contribution in [-0.2, 0) is 9.59 Å². The predicted octanol–water partition coefficient (Wildman–Crippen LogP) is 3.04. The molecule has 0 aromatic carbocycles. The molecule has 0 bridgehead atoms. The number of allylic oxidation sites excluding steroid dienone is 8. The molecule has 104 valence electrons. The van der Waals surface area contributed by atoms with Crippen LogP contribution in [0, 0.1) is 23.7 Å². The Morgan fingerprint density at radius 2 is 0.750 bits per heavy atom. The Labute approximate surface area is 111 Å². The molecule has 4 atom stereocenters. The highest BCUT2D eigenvalue weighted by Gasteiger charge is 2.49. The van der Waals surface area contributed by atoms with Crippen LogP contribution in [0.4, 0.5) is 17.6 Å². The molecule has 0 amide bonds. The number of ketones is 2. The summed E-state index contributed by atoms with van der Waals surface area (Å²) in [4.78, 5) is 24.3. The van der Waals surface area contributed by atoms with E-state index >= 15 is 0 Å². The normalized spacial score (nSPS) is 36.4. The Morgan fingerprint density at radius 1 is 0.550 bits per heavy atom. The van der Waals surface area contributed by atoms with Crippen LogP contribution in [0.25, 0.3) is 0 Å². The van der Waals surface area contributed by atoms with Gasteiger partial charge < -0.3 is 0 Å². The summed E-state index contributed by atoms with van der Waals surface area (Å²) in [7, 11) is 0.